The van der Waals surface area contributed by atoms with Crippen molar-refractivity contribution in [2.75, 3.05) is 19.8 Å². The monoisotopic (exact) mass is 323 g/mol. The maximum Gasteiger partial charge on any atom is 0.240 e. The van der Waals surface area contributed by atoms with Crippen LogP contribution in [0, 0.1) is 11.8 Å². The second kappa shape index (κ2) is 6.87. The first kappa shape index (κ1) is 16.9. The Hall–Kier alpha value is -0.980. The number of ether oxygens (including phenoxy) is 1. The zero-order chi connectivity index (χ0) is 16.4. The van der Waals surface area contributed by atoms with Crippen molar-refractivity contribution in [1.29, 1.82) is 0 Å². The lowest BCUT2D eigenvalue weighted by Gasteiger charge is -2.43. The average molecular weight is 323 g/mol. The predicted octanol–water partition coefficient (Wildman–Crippen LogP) is 2.02. The molecule has 0 aliphatic carbocycles. The fraction of sp³-hybridized carbons (Fsp3) is 0.882. The molecular weight excluding hydrogens is 294 g/mol. The van der Waals surface area contributed by atoms with Gasteiger partial charge in [-0.05, 0) is 38.6 Å². The molecule has 1 N–H and O–H groups in total. The van der Waals surface area contributed by atoms with Crippen LogP contribution in [0.5, 0.6) is 0 Å². The molecule has 2 aliphatic heterocycles. The summed E-state index contributed by atoms with van der Waals surface area (Å²) in [5.41, 5.74) is -0.650. The molecule has 2 saturated heterocycles. The van der Waals surface area contributed by atoms with Crippen molar-refractivity contribution in [1.82, 2.24) is 15.0 Å². The summed E-state index contributed by atoms with van der Waals surface area (Å²) in [5.74, 6) is 2.15. The lowest BCUT2D eigenvalue weighted by Crippen LogP contribution is -2.52. The van der Waals surface area contributed by atoms with Crippen molar-refractivity contribution >= 4 is 0 Å². The summed E-state index contributed by atoms with van der Waals surface area (Å²) in [4.78, 5) is 6.89. The van der Waals surface area contributed by atoms with Crippen LogP contribution in [0.3, 0.4) is 0 Å². The van der Waals surface area contributed by atoms with Crippen LogP contribution < -0.4 is 0 Å². The molecule has 0 amide bonds. The second-order valence-electron chi connectivity index (χ2n) is 7.67. The molecule has 6 nitrogen and oxygen atoms in total. The predicted molar refractivity (Wildman–Crippen MR) is 85.8 cm³/mol. The first-order valence-electron chi connectivity index (χ1n) is 8.81. The molecule has 3 heterocycles. The van der Waals surface area contributed by atoms with Gasteiger partial charge in [0.05, 0.1) is 18.8 Å². The highest BCUT2D eigenvalue weighted by atomic mass is 16.5. The number of aromatic nitrogens is 2. The van der Waals surface area contributed by atoms with Gasteiger partial charge < -0.3 is 14.4 Å². The van der Waals surface area contributed by atoms with Crippen molar-refractivity contribution < 1.29 is 14.4 Å². The van der Waals surface area contributed by atoms with Gasteiger partial charge in [-0.15, -0.1) is 0 Å². The van der Waals surface area contributed by atoms with Crippen LogP contribution in [0.1, 0.15) is 51.7 Å². The van der Waals surface area contributed by atoms with Crippen molar-refractivity contribution in [3.63, 3.8) is 0 Å². The third kappa shape index (κ3) is 3.92. The van der Waals surface area contributed by atoms with Gasteiger partial charge in [0.2, 0.25) is 5.89 Å². The van der Waals surface area contributed by atoms with Gasteiger partial charge in [-0.1, -0.05) is 19.0 Å². The molecule has 6 heteroatoms. The number of aliphatic hydroxyl groups is 1. The van der Waals surface area contributed by atoms with Gasteiger partial charge in [0.15, 0.2) is 5.82 Å². The van der Waals surface area contributed by atoms with Crippen LogP contribution in [0.4, 0.5) is 0 Å². The van der Waals surface area contributed by atoms with E-state index in [1.54, 1.807) is 0 Å². The molecule has 2 fully saturated rings. The third-order valence-corrected chi connectivity index (χ3v) is 5.17. The normalized spacial score (nSPS) is 32.7. The number of hydrogen-bond acceptors (Lipinski definition) is 6. The van der Waals surface area contributed by atoms with Gasteiger partial charge in [0, 0.05) is 25.0 Å². The topological polar surface area (TPSA) is 71.6 Å². The van der Waals surface area contributed by atoms with E-state index in [9.17, 15) is 5.11 Å². The Morgan fingerprint density at radius 1 is 1.43 bits per heavy atom. The summed E-state index contributed by atoms with van der Waals surface area (Å²) in [6, 6.07) is 0.325. The Morgan fingerprint density at radius 3 is 3.00 bits per heavy atom. The maximum atomic E-state index is 10.7. The molecule has 1 aromatic heterocycles. The van der Waals surface area contributed by atoms with Crippen LogP contribution in [-0.2, 0) is 17.7 Å². The molecule has 0 aromatic carbocycles. The third-order valence-electron chi connectivity index (χ3n) is 5.17. The van der Waals surface area contributed by atoms with E-state index in [1.165, 1.54) is 0 Å². The van der Waals surface area contributed by atoms with Gasteiger partial charge in [-0.2, -0.15) is 4.98 Å². The van der Waals surface area contributed by atoms with E-state index < -0.39 is 5.60 Å². The summed E-state index contributed by atoms with van der Waals surface area (Å²) in [7, 11) is 0. The Kier molecular flexibility index (Phi) is 5.04. The lowest BCUT2D eigenvalue weighted by atomic mass is 9.79. The smallest absolute Gasteiger partial charge is 0.240 e. The largest absolute Gasteiger partial charge is 0.390 e. The molecule has 23 heavy (non-hydrogen) atoms. The highest BCUT2D eigenvalue weighted by molar-refractivity contribution is 4.97. The molecule has 0 saturated carbocycles. The number of rotatable bonds is 5. The Labute approximate surface area is 138 Å². The van der Waals surface area contributed by atoms with Gasteiger partial charge in [0.1, 0.15) is 0 Å². The molecule has 0 bridgehead atoms. The van der Waals surface area contributed by atoms with Crippen molar-refractivity contribution in [2.24, 2.45) is 11.8 Å². The fourth-order valence-electron chi connectivity index (χ4n) is 3.86. The Balaban J connectivity index is 1.66. The molecule has 0 radical (unpaired) electrons. The lowest BCUT2D eigenvalue weighted by molar-refractivity contribution is -0.124. The molecule has 130 valence electrons. The van der Waals surface area contributed by atoms with Crippen LogP contribution >= 0.6 is 0 Å². The summed E-state index contributed by atoms with van der Waals surface area (Å²) < 4.78 is 11.1. The molecule has 2 aliphatic rings. The van der Waals surface area contributed by atoms with Gasteiger partial charge in [0.25, 0.3) is 0 Å². The summed E-state index contributed by atoms with van der Waals surface area (Å²) in [6.07, 6.45) is 3.79. The second-order valence-corrected chi connectivity index (χ2v) is 7.67. The molecule has 3 rings (SSSR count). The average Bonchev–Trinajstić information content (AvgIpc) is 3.08. The van der Waals surface area contributed by atoms with Gasteiger partial charge in [-0.3, -0.25) is 4.90 Å². The van der Waals surface area contributed by atoms with Gasteiger partial charge >= 0.3 is 0 Å². The molecule has 1 aromatic rings. The number of nitrogens with zero attached hydrogens (tertiary/aromatic N) is 3. The molecule has 0 spiro atoms. The minimum absolute atomic E-state index is 0.150. The minimum Gasteiger partial charge on any atom is -0.390 e. The van der Waals surface area contributed by atoms with Crippen LogP contribution in [-0.4, -0.2) is 51.5 Å². The highest BCUT2D eigenvalue weighted by Crippen LogP contribution is 2.36. The molecule has 3 atom stereocenters. The SMILES string of the molecule is CC(C)Cc1noc(CN2CCC[C@@H]2[C@@H]2COCC[C@]2(C)O)n1. The molecular formula is C17H29N3O3. The summed E-state index contributed by atoms with van der Waals surface area (Å²) in [5, 5.41) is 14.8. The summed E-state index contributed by atoms with van der Waals surface area (Å²) in [6.45, 7) is 9.22. The van der Waals surface area contributed by atoms with E-state index in [0.29, 0.717) is 44.0 Å². The minimum atomic E-state index is -0.650. The van der Waals surface area contributed by atoms with E-state index in [0.717, 1.165) is 31.6 Å². The zero-order valence-electron chi connectivity index (χ0n) is 14.5. The van der Waals surface area contributed by atoms with Crippen LogP contribution in [0.15, 0.2) is 4.52 Å². The quantitative estimate of drug-likeness (QED) is 0.894. The maximum absolute atomic E-state index is 10.7. The Bertz CT molecular complexity index is 515. The van der Waals surface area contributed by atoms with E-state index in [4.69, 9.17) is 9.26 Å². The van der Waals surface area contributed by atoms with Crippen molar-refractivity contribution in [3.05, 3.63) is 11.7 Å². The standard InChI is InChI=1S/C17H29N3O3/c1-12(2)9-15-18-16(23-19-15)10-20-7-4-5-14(20)13-11-22-8-6-17(13,3)21/h12-14,21H,4-11H2,1-3H3/t13-,14+,17-/m0/s1. The van der Waals surface area contributed by atoms with Crippen LogP contribution in [0.25, 0.3) is 0 Å². The number of likely N-dealkylation sites (tertiary alicyclic amines) is 1. The van der Waals surface area contributed by atoms with Crippen molar-refractivity contribution in [3.8, 4) is 0 Å². The first-order valence-corrected chi connectivity index (χ1v) is 8.81. The number of hydrogen-bond donors (Lipinski definition) is 1. The van der Waals surface area contributed by atoms with Gasteiger partial charge in [-0.25, -0.2) is 0 Å². The van der Waals surface area contributed by atoms with Crippen molar-refractivity contribution in [2.45, 2.75) is 64.6 Å². The zero-order valence-corrected chi connectivity index (χ0v) is 14.5. The summed E-state index contributed by atoms with van der Waals surface area (Å²) >= 11 is 0. The van der Waals surface area contributed by atoms with E-state index in [1.807, 2.05) is 6.92 Å². The van der Waals surface area contributed by atoms with Crippen LogP contribution in [0.2, 0.25) is 0 Å². The van der Waals surface area contributed by atoms with E-state index in [2.05, 4.69) is 28.9 Å². The van der Waals surface area contributed by atoms with E-state index >= 15 is 0 Å². The molecule has 0 unspecified atom stereocenters. The highest BCUT2D eigenvalue weighted by Gasteiger charge is 2.44. The fourth-order valence-corrected chi connectivity index (χ4v) is 3.86. The Morgan fingerprint density at radius 2 is 2.26 bits per heavy atom. The first-order chi connectivity index (χ1) is 11.0. The van der Waals surface area contributed by atoms with E-state index in [-0.39, 0.29) is 5.92 Å².